The van der Waals surface area contributed by atoms with Gasteiger partial charge in [0, 0.05) is 21.6 Å². The third-order valence-electron chi connectivity index (χ3n) is 8.68. The van der Waals surface area contributed by atoms with Crippen molar-refractivity contribution < 1.29 is 34.7 Å². The second kappa shape index (κ2) is 15.8. The second-order valence-corrected chi connectivity index (χ2v) is 13.4. The van der Waals surface area contributed by atoms with E-state index in [1.54, 1.807) is 0 Å². The third-order valence-corrected chi connectivity index (χ3v) is 9.39. The first kappa shape index (κ1) is 35.8. The Hall–Kier alpha value is -2.50. The molecule has 6 unspecified atom stereocenters. The van der Waals surface area contributed by atoms with Crippen LogP contribution in [0.1, 0.15) is 67.9 Å². The zero-order valence-electron chi connectivity index (χ0n) is 26.3. The number of rotatable bonds is 13. The first-order valence-corrected chi connectivity index (χ1v) is 17.1. The molecular weight excluding hydrogens is 665 g/mol. The summed E-state index contributed by atoms with van der Waals surface area (Å²) in [5.74, 6) is -1.48. The van der Waals surface area contributed by atoms with E-state index in [2.05, 4.69) is 18.7 Å². The van der Waals surface area contributed by atoms with Crippen molar-refractivity contribution in [2.45, 2.75) is 76.3 Å². The Morgan fingerprint density at radius 1 is 0.851 bits per heavy atom. The summed E-state index contributed by atoms with van der Waals surface area (Å²) in [6.07, 6.45) is -3.54. The summed E-state index contributed by atoms with van der Waals surface area (Å²) in [6, 6.07) is 16.9. The molecule has 1 heterocycles. The minimum Gasteiger partial charge on any atom is -0.479 e. The number of carboxylic acids is 1. The second-order valence-electron chi connectivity index (χ2n) is 12.1. The van der Waals surface area contributed by atoms with Gasteiger partial charge in [-0.05, 0) is 107 Å². The molecule has 0 bridgehead atoms. The van der Waals surface area contributed by atoms with Crippen molar-refractivity contribution in [3.05, 3.63) is 91.9 Å². The highest BCUT2D eigenvalue weighted by atomic mass is 35.5. The summed E-state index contributed by atoms with van der Waals surface area (Å²) < 4.78 is 12.1. The number of nitrogens with zero attached hydrogens (tertiary/aromatic N) is 1. The highest BCUT2D eigenvalue weighted by Crippen LogP contribution is 2.50. The molecule has 5 rings (SSSR count). The zero-order chi connectivity index (χ0) is 33.8. The van der Waals surface area contributed by atoms with E-state index in [1.165, 1.54) is 0 Å². The predicted molar refractivity (Wildman–Crippen MR) is 185 cm³/mol. The van der Waals surface area contributed by atoms with Crippen LogP contribution < -0.4 is 0 Å². The van der Waals surface area contributed by atoms with Gasteiger partial charge in [-0.3, -0.25) is 0 Å². The number of aliphatic hydroxyl groups is 3. The van der Waals surface area contributed by atoms with Crippen LogP contribution >= 0.6 is 34.8 Å². The van der Waals surface area contributed by atoms with Crippen molar-refractivity contribution in [1.82, 2.24) is 4.90 Å². The third kappa shape index (κ3) is 8.05. The van der Waals surface area contributed by atoms with E-state index in [1.807, 2.05) is 60.7 Å². The number of carbonyl (C=O) groups is 1. The molecule has 0 saturated carbocycles. The standard InChI is InChI=1S/C36H40Cl3NO7/c1-3-5-13-40(14-6-4-2)19-29(46-36-33(43)31(41)32(42)34(47-36)35(44)45)28-18-23(39)17-27-25(15-20-7-9-21(37)10-8-20)26-16-22(38)11-12-24(26)30(27)28/h7-12,15-18,29,31-34,36,41-43H,3-6,13-14,19H2,1-2H3,(H,44,45)/b25-15-. The van der Waals surface area contributed by atoms with Crippen LogP contribution in [0.4, 0.5) is 0 Å². The van der Waals surface area contributed by atoms with Gasteiger partial charge in [0.2, 0.25) is 0 Å². The lowest BCUT2D eigenvalue weighted by molar-refractivity contribution is -0.306. The van der Waals surface area contributed by atoms with Crippen molar-refractivity contribution in [2.24, 2.45) is 0 Å². The van der Waals surface area contributed by atoms with Gasteiger partial charge in [-0.2, -0.15) is 0 Å². The molecule has 8 nitrogen and oxygen atoms in total. The molecule has 2 aliphatic rings. The summed E-state index contributed by atoms with van der Waals surface area (Å²) in [5.41, 5.74) is 6.04. The van der Waals surface area contributed by atoms with Crippen LogP contribution in [0.5, 0.6) is 0 Å². The molecule has 3 aromatic rings. The summed E-state index contributed by atoms with van der Waals surface area (Å²) in [5, 5.41) is 43.2. The van der Waals surface area contributed by atoms with Crippen LogP contribution in [0.25, 0.3) is 22.8 Å². The van der Waals surface area contributed by atoms with E-state index >= 15 is 0 Å². The van der Waals surface area contributed by atoms with Crippen molar-refractivity contribution in [1.29, 1.82) is 0 Å². The Kier molecular flexibility index (Phi) is 12.0. The number of halogens is 3. The SMILES string of the molecule is CCCCN(CCCC)CC(OC1OC(C(=O)O)C(O)C(O)C1O)c1cc(Cl)cc2c1-c1ccc(Cl)cc1/C2=C/c1ccc(Cl)cc1. The number of ether oxygens (including phenoxy) is 2. The number of hydrogen-bond donors (Lipinski definition) is 4. The monoisotopic (exact) mass is 703 g/mol. The molecule has 252 valence electrons. The minimum absolute atomic E-state index is 0.370. The lowest BCUT2D eigenvalue weighted by Crippen LogP contribution is -2.60. The maximum absolute atomic E-state index is 11.9. The molecule has 47 heavy (non-hydrogen) atoms. The highest BCUT2D eigenvalue weighted by Gasteiger charge is 2.48. The van der Waals surface area contributed by atoms with E-state index in [9.17, 15) is 25.2 Å². The molecule has 0 aromatic heterocycles. The molecule has 3 aromatic carbocycles. The fraction of sp³-hybridized carbons (Fsp3) is 0.417. The fourth-order valence-corrected chi connectivity index (χ4v) is 6.74. The average molecular weight is 705 g/mol. The molecule has 1 aliphatic carbocycles. The van der Waals surface area contributed by atoms with E-state index in [4.69, 9.17) is 44.3 Å². The van der Waals surface area contributed by atoms with Crippen LogP contribution in [-0.2, 0) is 14.3 Å². The van der Waals surface area contributed by atoms with Gasteiger partial charge in [-0.25, -0.2) is 4.79 Å². The molecule has 1 fully saturated rings. The lowest BCUT2D eigenvalue weighted by atomic mass is 9.94. The molecule has 4 N–H and O–H groups in total. The Balaban J connectivity index is 1.66. The molecule has 0 radical (unpaired) electrons. The normalized spacial score (nSPS) is 23.6. The van der Waals surface area contributed by atoms with Crippen LogP contribution in [-0.4, -0.2) is 81.6 Å². The molecule has 1 aliphatic heterocycles. The summed E-state index contributed by atoms with van der Waals surface area (Å²) in [7, 11) is 0. The number of aliphatic carboxylic acids is 1. The molecule has 1 saturated heterocycles. The van der Waals surface area contributed by atoms with E-state index < -0.39 is 42.8 Å². The van der Waals surface area contributed by atoms with Gasteiger partial charge in [0.05, 0.1) is 6.10 Å². The predicted octanol–water partition coefficient (Wildman–Crippen LogP) is 7.07. The van der Waals surface area contributed by atoms with Crippen molar-refractivity contribution in [3.63, 3.8) is 0 Å². The number of carboxylic acid groups (broad SMARTS) is 1. The van der Waals surface area contributed by atoms with Crippen LogP contribution in [0.2, 0.25) is 15.1 Å². The zero-order valence-corrected chi connectivity index (χ0v) is 28.5. The number of aliphatic hydroxyl groups excluding tert-OH is 3. The number of fused-ring (bicyclic) bond motifs is 3. The fourth-order valence-electron chi connectivity index (χ4n) is 6.21. The largest absolute Gasteiger partial charge is 0.479 e. The molecule has 0 amide bonds. The van der Waals surface area contributed by atoms with Gasteiger partial charge in [0.25, 0.3) is 0 Å². The van der Waals surface area contributed by atoms with Gasteiger partial charge in [-0.1, -0.05) is 79.7 Å². The summed E-state index contributed by atoms with van der Waals surface area (Å²) >= 11 is 19.5. The number of unbranched alkanes of at least 4 members (excludes halogenated alkanes) is 2. The van der Waals surface area contributed by atoms with Gasteiger partial charge >= 0.3 is 5.97 Å². The smallest absolute Gasteiger partial charge is 0.335 e. The quantitative estimate of drug-likeness (QED) is 0.117. The molecule has 11 heteroatoms. The summed E-state index contributed by atoms with van der Waals surface area (Å²) in [4.78, 5) is 14.2. The Bertz CT molecular complexity index is 1590. The maximum atomic E-state index is 11.9. The van der Waals surface area contributed by atoms with Crippen molar-refractivity contribution in [3.8, 4) is 11.1 Å². The lowest BCUT2D eigenvalue weighted by Gasteiger charge is -2.40. The maximum Gasteiger partial charge on any atom is 0.335 e. The van der Waals surface area contributed by atoms with Gasteiger partial charge in [0.1, 0.15) is 18.3 Å². The number of hydrogen-bond acceptors (Lipinski definition) is 7. The Morgan fingerprint density at radius 2 is 1.49 bits per heavy atom. The van der Waals surface area contributed by atoms with Crippen molar-refractivity contribution >= 4 is 52.4 Å². The van der Waals surface area contributed by atoms with E-state index in [0.717, 1.165) is 72.2 Å². The van der Waals surface area contributed by atoms with Crippen LogP contribution in [0.3, 0.4) is 0 Å². The highest BCUT2D eigenvalue weighted by molar-refractivity contribution is 6.32. The molecule has 0 spiro atoms. The van der Waals surface area contributed by atoms with Crippen molar-refractivity contribution in [2.75, 3.05) is 19.6 Å². The van der Waals surface area contributed by atoms with Crippen LogP contribution in [0, 0.1) is 0 Å². The molecule has 6 atom stereocenters. The Morgan fingerprint density at radius 3 is 2.13 bits per heavy atom. The average Bonchev–Trinajstić information content (AvgIpc) is 3.34. The van der Waals surface area contributed by atoms with Crippen LogP contribution in [0.15, 0.2) is 54.6 Å². The topological polar surface area (TPSA) is 120 Å². The van der Waals surface area contributed by atoms with Gasteiger partial charge < -0.3 is 34.8 Å². The number of benzene rings is 3. The Labute approximate surface area is 290 Å². The molecular formula is C36H40Cl3NO7. The van der Waals surface area contributed by atoms with E-state index in [-0.39, 0.29) is 0 Å². The van der Waals surface area contributed by atoms with Gasteiger partial charge in [-0.15, -0.1) is 0 Å². The van der Waals surface area contributed by atoms with Gasteiger partial charge in [0.15, 0.2) is 12.4 Å². The first-order chi connectivity index (χ1) is 22.5. The first-order valence-electron chi connectivity index (χ1n) is 15.9. The summed E-state index contributed by atoms with van der Waals surface area (Å²) in [6.45, 7) is 6.20. The van der Waals surface area contributed by atoms with E-state index in [0.29, 0.717) is 27.2 Å². The minimum atomic E-state index is -1.83.